The van der Waals surface area contributed by atoms with E-state index >= 15 is 0 Å². The molecule has 0 aliphatic carbocycles. The van der Waals surface area contributed by atoms with E-state index in [9.17, 15) is 9.18 Å². The van der Waals surface area contributed by atoms with Gasteiger partial charge in [-0.1, -0.05) is 6.92 Å². The third kappa shape index (κ3) is 4.13. The number of carbonyl (C=O) groups is 1. The van der Waals surface area contributed by atoms with Crippen molar-refractivity contribution in [3.63, 3.8) is 0 Å². The minimum absolute atomic E-state index is 0.0104. The molecule has 1 aromatic carbocycles. The molecule has 5 nitrogen and oxygen atoms in total. The van der Waals surface area contributed by atoms with E-state index < -0.39 is 0 Å². The average molecular weight is 331 g/mol. The third-order valence-corrected chi connectivity index (χ3v) is 4.24. The minimum Gasteiger partial charge on any atom is -0.444 e. The highest BCUT2D eigenvalue weighted by Gasteiger charge is 2.20. The van der Waals surface area contributed by atoms with Crippen molar-refractivity contribution in [1.82, 2.24) is 15.2 Å². The Kier molecular flexibility index (Phi) is 5.13. The summed E-state index contributed by atoms with van der Waals surface area (Å²) in [5, 5.41) is 2.93. The van der Waals surface area contributed by atoms with Crippen molar-refractivity contribution in [2.24, 2.45) is 5.92 Å². The van der Waals surface area contributed by atoms with Gasteiger partial charge < -0.3 is 14.6 Å². The maximum atomic E-state index is 12.9. The molecule has 1 aromatic heterocycles. The largest absolute Gasteiger partial charge is 0.444 e. The Labute approximate surface area is 140 Å². The molecular formula is C18H22FN3O2. The van der Waals surface area contributed by atoms with Crippen LogP contribution in [-0.4, -0.2) is 35.5 Å². The number of amides is 2. The first-order valence-electron chi connectivity index (χ1n) is 8.35. The first-order chi connectivity index (χ1) is 11.6. The molecule has 1 N–H and O–H groups in total. The van der Waals surface area contributed by atoms with Gasteiger partial charge in [0.05, 0.1) is 5.69 Å². The van der Waals surface area contributed by atoms with E-state index in [-0.39, 0.29) is 11.8 Å². The first kappa shape index (κ1) is 16.5. The number of hydrogen-bond donors (Lipinski definition) is 1. The highest BCUT2D eigenvalue weighted by atomic mass is 19.1. The van der Waals surface area contributed by atoms with E-state index in [0.717, 1.165) is 30.8 Å². The quantitative estimate of drug-likeness (QED) is 0.933. The Morgan fingerprint density at radius 1 is 1.42 bits per heavy atom. The van der Waals surface area contributed by atoms with Crippen LogP contribution in [0.3, 0.4) is 0 Å². The summed E-state index contributed by atoms with van der Waals surface area (Å²) in [5.41, 5.74) is 1.50. The van der Waals surface area contributed by atoms with Crippen LogP contribution in [0.4, 0.5) is 9.18 Å². The number of urea groups is 1. The molecule has 1 aliphatic heterocycles. The number of nitrogens with one attached hydrogen (secondary N) is 1. The van der Waals surface area contributed by atoms with Crippen molar-refractivity contribution in [3.8, 4) is 11.5 Å². The number of aromatic nitrogens is 1. The Morgan fingerprint density at radius 2 is 2.21 bits per heavy atom. The molecule has 128 valence electrons. The predicted molar refractivity (Wildman–Crippen MR) is 89.0 cm³/mol. The van der Waals surface area contributed by atoms with E-state index in [1.807, 2.05) is 4.90 Å². The summed E-state index contributed by atoms with van der Waals surface area (Å²) in [6, 6.07) is 6.00. The number of nitrogens with zero attached hydrogens (tertiary/aromatic N) is 2. The topological polar surface area (TPSA) is 58.4 Å². The first-order valence-corrected chi connectivity index (χ1v) is 8.35. The summed E-state index contributed by atoms with van der Waals surface area (Å²) < 4.78 is 18.4. The lowest BCUT2D eigenvalue weighted by Gasteiger charge is -2.30. The second kappa shape index (κ2) is 7.47. The molecule has 3 rings (SSSR count). The highest BCUT2D eigenvalue weighted by Crippen LogP contribution is 2.19. The molecule has 24 heavy (non-hydrogen) atoms. The average Bonchev–Trinajstić information content (AvgIpc) is 3.04. The summed E-state index contributed by atoms with van der Waals surface area (Å²) in [6.45, 7) is 4.34. The van der Waals surface area contributed by atoms with Crippen LogP contribution in [0.2, 0.25) is 0 Å². The summed E-state index contributed by atoms with van der Waals surface area (Å²) in [4.78, 5) is 18.4. The van der Waals surface area contributed by atoms with Crippen molar-refractivity contribution in [1.29, 1.82) is 0 Å². The lowest BCUT2D eigenvalue weighted by atomic mass is 10.0. The molecule has 1 aliphatic rings. The Morgan fingerprint density at radius 3 is 2.96 bits per heavy atom. The van der Waals surface area contributed by atoms with Gasteiger partial charge in [0, 0.05) is 31.6 Å². The van der Waals surface area contributed by atoms with Crippen LogP contribution in [0.15, 0.2) is 34.9 Å². The van der Waals surface area contributed by atoms with Gasteiger partial charge in [-0.2, -0.15) is 0 Å². The summed E-state index contributed by atoms with van der Waals surface area (Å²) in [6.07, 6.45) is 4.43. The fraction of sp³-hybridized carbons (Fsp3) is 0.444. The maximum Gasteiger partial charge on any atom is 0.317 e. The number of benzene rings is 1. The molecule has 0 bridgehead atoms. The second-order valence-electron chi connectivity index (χ2n) is 6.33. The van der Waals surface area contributed by atoms with Gasteiger partial charge in [0.1, 0.15) is 12.1 Å². The molecule has 1 saturated heterocycles. The number of oxazole rings is 1. The van der Waals surface area contributed by atoms with Gasteiger partial charge in [-0.15, -0.1) is 0 Å². The fourth-order valence-corrected chi connectivity index (χ4v) is 2.93. The van der Waals surface area contributed by atoms with Crippen LogP contribution >= 0.6 is 0 Å². The van der Waals surface area contributed by atoms with Gasteiger partial charge in [-0.3, -0.25) is 0 Å². The summed E-state index contributed by atoms with van der Waals surface area (Å²) in [7, 11) is 0. The molecule has 0 spiro atoms. The SMILES string of the molecule is C[C@H]1CCCN(C(=O)NCCc2coc(-c3ccc(F)cc3)n2)C1. The van der Waals surface area contributed by atoms with Gasteiger partial charge in [-0.25, -0.2) is 14.2 Å². The van der Waals surface area contributed by atoms with Crippen LogP contribution in [0.5, 0.6) is 0 Å². The molecule has 0 radical (unpaired) electrons. The molecule has 1 atom stereocenters. The zero-order chi connectivity index (χ0) is 16.9. The maximum absolute atomic E-state index is 12.9. The van der Waals surface area contributed by atoms with Crippen LogP contribution in [0.25, 0.3) is 11.5 Å². The highest BCUT2D eigenvalue weighted by molar-refractivity contribution is 5.74. The van der Waals surface area contributed by atoms with Gasteiger partial charge >= 0.3 is 6.03 Å². The molecule has 2 aromatic rings. The normalized spacial score (nSPS) is 17.8. The summed E-state index contributed by atoms with van der Waals surface area (Å²) >= 11 is 0. The predicted octanol–water partition coefficient (Wildman–Crippen LogP) is 3.46. The molecule has 2 amide bonds. The van der Waals surface area contributed by atoms with Crippen LogP contribution in [-0.2, 0) is 6.42 Å². The van der Waals surface area contributed by atoms with E-state index in [0.29, 0.717) is 24.8 Å². The number of rotatable bonds is 4. The molecular weight excluding hydrogens is 309 g/mol. The molecule has 0 saturated carbocycles. The number of hydrogen-bond acceptors (Lipinski definition) is 3. The van der Waals surface area contributed by atoms with Crippen molar-refractivity contribution in [3.05, 3.63) is 42.0 Å². The molecule has 6 heteroatoms. The van der Waals surface area contributed by atoms with E-state index in [2.05, 4.69) is 17.2 Å². The van der Waals surface area contributed by atoms with E-state index in [4.69, 9.17) is 4.42 Å². The number of halogens is 1. The Hall–Kier alpha value is -2.37. The standard InChI is InChI=1S/C18H22FN3O2/c1-13-3-2-10-22(11-13)18(23)20-9-8-16-12-24-17(21-16)14-4-6-15(19)7-5-14/h4-7,12-13H,2-3,8-11H2,1H3,(H,20,23)/t13-/m0/s1. The van der Waals surface area contributed by atoms with Crippen molar-refractivity contribution in [2.45, 2.75) is 26.2 Å². The van der Waals surface area contributed by atoms with Crippen molar-refractivity contribution < 1.29 is 13.6 Å². The zero-order valence-corrected chi connectivity index (χ0v) is 13.8. The lowest BCUT2D eigenvalue weighted by molar-refractivity contribution is 0.170. The monoisotopic (exact) mass is 331 g/mol. The smallest absolute Gasteiger partial charge is 0.317 e. The van der Waals surface area contributed by atoms with Crippen LogP contribution < -0.4 is 5.32 Å². The van der Waals surface area contributed by atoms with E-state index in [1.165, 1.54) is 18.6 Å². The number of carbonyl (C=O) groups excluding carboxylic acids is 1. The van der Waals surface area contributed by atoms with E-state index in [1.54, 1.807) is 18.4 Å². The van der Waals surface area contributed by atoms with Crippen molar-refractivity contribution in [2.75, 3.05) is 19.6 Å². The minimum atomic E-state index is -0.291. The zero-order valence-electron chi connectivity index (χ0n) is 13.8. The Bertz CT molecular complexity index is 684. The number of piperidine rings is 1. The summed E-state index contributed by atoms with van der Waals surface area (Å²) in [5.74, 6) is 0.736. The van der Waals surface area contributed by atoms with Crippen LogP contribution in [0.1, 0.15) is 25.5 Å². The fourth-order valence-electron chi connectivity index (χ4n) is 2.93. The second-order valence-corrected chi connectivity index (χ2v) is 6.33. The van der Waals surface area contributed by atoms with Gasteiger partial charge in [0.2, 0.25) is 5.89 Å². The molecule has 2 heterocycles. The number of likely N-dealkylation sites (tertiary alicyclic amines) is 1. The van der Waals surface area contributed by atoms with Gasteiger partial charge in [-0.05, 0) is 43.0 Å². The molecule has 0 unspecified atom stereocenters. The van der Waals surface area contributed by atoms with Gasteiger partial charge in [0.15, 0.2) is 0 Å². The molecule has 1 fully saturated rings. The Balaban J connectivity index is 1.49. The van der Waals surface area contributed by atoms with Crippen molar-refractivity contribution >= 4 is 6.03 Å². The van der Waals surface area contributed by atoms with Crippen LogP contribution in [0, 0.1) is 11.7 Å². The lowest BCUT2D eigenvalue weighted by Crippen LogP contribution is -2.45. The van der Waals surface area contributed by atoms with Gasteiger partial charge in [0.25, 0.3) is 0 Å². The third-order valence-electron chi connectivity index (χ3n) is 4.24.